The Bertz CT molecular complexity index is 857. The number of nitrogens with zero attached hydrogens (tertiary/aromatic N) is 1. The van der Waals surface area contributed by atoms with E-state index >= 15 is 0 Å². The Hall–Kier alpha value is -2.13. The maximum absolute atomic E-state index is 13.5. The van der Waals surface area contributed by atoms with Gasteiger partial charge in [-0.05, 0) is 56.5 Å². The summed E-state index contributed by atoms with van der Waals surface area (Å²) in [5, 5.41) is 0.0674. The normalized spacial score (nSPS) is 18.2. The Morgan fingerprint density at radius 3 is 2.36 bits per heavy atom. The van der Waals surface area contributed by atoms with Gasteiger partial charge in [-0.25, -0.2) is 4.39 Å². The van der Waals surface area contributed by atoms with E-state index in [9.17, 15) is 9.18 Å². The summed E-state index contributed by atoms with van der Waals surface area (Å²) in [6, 6.07) is 14.3. The van der Waals surface area contributed by atoms with Crippen molar-refractivity contribution >= 4 is 23.1 Å². The van der Waals surface area contributed by atoms with Gasteiger partial charge in [0.05, 0.1) is 16.6 Å². The highest BCUT2D eigenvalue weighted by Gasteiger charge is 2.43. The van der Waals surface area contributed by atoms with E-state index in [1.165, 1.54) is 6.07 Å². The molecule has 1 unspecified atom stereocenters. The number of hydrogen-bond acceptors (Lipinski definition) is 1. The molecule has 0 N–H and O–H groups in total. The number of benzene rings is 2. The minimum atomic E-state index is -0.619. The molecule has 4 heteroatoms. The Balaban J connectivity index is 2.04. The highest BCUT2D eigenvalue weighted by molar-refractivity contribution is 6.30. The number of carbonyl (C=O) groups is 1. The van der Waals surface area contributed by atoms with Crippen LogP contribution in [0.15, 0.2) is 54.1 Å². The van der Waals surface area contributed by atoms with Crippen LogP contribution in [0.2, 0.25) is 5.02 Å². The molecule has 25 heavy (non-hydrogen) atoms. The SMILES string of the molecule is CC1=C(c2ccccc2)C(=O)N(C(C)(C)c2ccc(F)c(Cl)c2)C1C. The van der Waals surface area contributed by atoms with Crippen molar-refractivity contribution in [1.29, 1.82) is 0 Å². The van der Waals surface area contributed by atoms with Crippen molar-refractivity contribution in [3.8, 4) is 0 Å². The average molecular weight is 358 g/mol. The summed E-state index contributed by atoms with van der Waals surface area (Å²) in [7, 11) is 0. The third kappa shape index (κ3) is 2.87. The topological polar surface area (TPSA) is 20.3 Å². The number of carbonyl (C=O) groups excluding carboxylic acids is 1. The second-order valence-corrected chi connectivity index (χ2v) is 7.37. The van der Waals surface area contributed by atoms with Gasteiger partial charge in [-0.3, -0.25) is 4.79 Å². The molecule has 0 saturated heterocycles. The molecular weight excluding hydrogens is 337 g/mol. The standard InChI is InChI=1S/C21H21ClFNO/c1-13-14(2)24(20(25)19(13)15-8-6-5-7-9-15)21(3,4)16-10-11-18(23)17(22)12-16/h5-12,14H,1-4H3. The van der Waals surface area contributed by atoms with Crippen LogP contribution in [0.1, 0.15) is 38.8 Å². The molecule has 1 amide bonds. The first-order chi connectivity index (χ1) is 11.7. The van der Waals surface area contributed by atoms with Gasteiger partial charge in [0.15, 0.2) is 0 Å². The summed E-state index contributed by atoms with van der Waals surface area (Å²) in [5.74, 6) is -0.469. The molecule has 1 aliphatic heterocycles. The molecule has 2 aromatic rings. The Kier molecular flexibility index (Phi) is 4.46. The molecule has 0 radical (unpaired) electrons. The van der Waals surface area contributed by atoms with Crippen molar-refractivity contribution in [3.05, 3.63) is 76.1 Å². The van der Waals surface area contributed by atoms with E-state index < -0.39 is 11.4 Å². The van der Waals surface area contributed by atoms with Gasteiger partial charge in [-0.1, -0.05) is 48.0 Å². The van der Waals surface area contributed by atoms with Gasteiger partial charge in [0.25, 0.3) is 5.91 Å². The average Bonchev–Trinajstić information content (AvgIpc) is 2.80. The first kappa shape index (κ1) is 17.7. The Morgan fingerprint density at radius 1 is 1.12 bits per heavy atom. The first-order valence-electron chi connectivity index (χ1n) is 8.30. The summed E-state index contributed by atoms with van der Waals surface area (Å²) >= 11 is 5.96. The van der Waals surface area contributed by atoms with Crippen molar-refractivity contribution in [3.63, 3.8) is 0 Å². The molecule has 0 aromatic heterocycles. The lowest BCUT2D eigenvalue weighted by atomic mass is 9.91. The highest BCUT2D eigenvalue weighted by atomic mass is 35.5. The second kappa shape index (κ2) is 6.30. The van der Waals surface area contributed by atoms with Crippen molar-refractivity contribution in [2.75, 3.05) is 0 Å². The van der Waals surface area contributed by atoms with Gasteiger partial charge in [-0.2, -0.15) is 0 Å². The van der Waals surface area contributed by atoms with E-state index in [0.717, 1.165) is 22.3 Å². The molecule has 0 aliphatic carbocycles. The monoisotopic (exact) mass is 357 g/mol. The lowest BCUT2D eigenvalue weighted by molar-refractivity contribution is -0.130. The van der Waals surface area contributed by atoms with E-state index in [1.807, 2.05) is 62.9 Å². The van der Waals surface area contributed by atoms with Crippen LogP contribution < -0.4 is 0 Å². The molecule has 1 atom stereocenters. The van der Waals surface area contributed by atoms with Gasteiger partial charge < -0.3 is 4.90 Å². The van der Waals surface area contributed by atoms with Crippen molar-refractivity contribution in [1.82, 2.24) is 4.90 Å². The molecule has 0 saturated carbocycles. The third-order valence-electron chi connectivity index (χ3n) is 5.13. The molecule has 2 nitrogen and oxygen atoms in total. The molecule has 3 rings (SSSR count). The van der Waals surface area contributed by atoms with Crippen LogP contribution in [0.25, 0.3) is 5.57 Å². The van der Waals surface area contributed by atoms with Crippen LogP contribution in [0.4, 0.5) is 4.39 Å². The zero-order valence-electron chi connectivity index (χ0n) is 14.8. The zero-order chi connectivity index (χ0) is 18.4. The number of amides is 1. The molecule has 130 valence electrons. The summed E-state index contributed by atoms with van der Waals surface area (Å²) in [5.41, 5.74) is 2.89. The van der Waals surface area contributed by atoms with Gasteiger partial charge >= 0.3 is 0 Å². The van der Waals surface area contributed by atoms with E-state index in [4.69, 9.17) is 11.6 Å². The predicted octanol–water partition coefficient (Wildman–Crippen LogP) is 5.42. The van der Waals surface area contributed by atoms with Gasteiger partial charge in [0.1, 0.15) is 5.82 Å². The highest BCUT2D eigenvalue weighted by Crippen LogP contribution is 2.41. The Morgan fingerprint density at radius 2 is 1.76 bits per heavy atom. The van der Waals surface area contributed by atoms with Crippen molar-refractivity contribution in [2.24, 2.45) is 0 Å². The smallest absolute Gasteiger partial charge is 0.255 e. The summed E-state index contributed by atoms with van der Waals surface area (Å²) in [6.45, 7) is 7.95. The van der Waals surface area contributed by atoms with Crippen molar-refractivity contribution in [2.45, 2.75) is 39.3 Å². The summed E-state index contributed by atoms with van der Waals surface area (Å²) in [6.07, 6.45) is 0. The van der Waals surface area contributed by atoms with E-state index in [0.29, 0.717) is 0 Å². The summed E-state index contributed by atoms with van der Waals surface area (Å²) in [4.78, 5) is 15.1. The van der Waals surface area contributed by atoms with Crippen LogP contribution in [-0.4, -0.2) is 16.8 Å². The molecule has 0 fully saturated rings. The van der Waals surface area contributed by atoms with Crippen LogP contribution in [-0.2, 0) is 10.3 Å². The minimum absolute atomic E-state index is 0.0124. The molecule has 0 bridgehead atoms. The van der Waals surface area contributed by atoms with Crippen LogP contribution in [0.5, 0.6) is 0 Å². The van der Waals surface area contributed by atoms with Gasteiger partial charge in [0, 0.05) is 5.57 Å². The van der Waals surface area contributed by atoms with Gasteiger partial charge in [0.2, 0.25) is 0 Å². The fourth-order valence-corrected chi connectivity index (χ4v) is 3.76. The van der Waals surface area contributed by atoms with Crippen LogP contribution in [0.3, 0.4) is 0 Å². The molecule has 2 aromatic carbocycles. The molecular formula is C21H21ClFNO. The van der Waals surface area contributed by atoms with Crippen LogP contribution >= 0.6 is 11.6 Å². The van der Waals surface area contributed by atoms with Crippen molar-refractivity contribution < 1.29 is 9.18 Å². The molecule has 1 heterocycles. The maximum atomic E-state index is 13.5. The number of hydrogen-bond donors (Lipinski definition) is 0. The lowest BCUT2D eigenvalue weighted by Crippen LogP contribution is -2.47. The number of halogens is 2. The Labute approximate surface area is 152 Å². The molecule has 0 spiro atoms. The summed E-state index contributed by atoms with van der Waals surface area (Å²) < 4.78 is 13.5. The largest absolute Gasteiger partial charge is 0.323 e. The minimum Gasteiger partial charge on any atom is -0.323 e. The number of rotatable bonds is 3. The van der Waals surface area contributed by atoms with Gasteiger partial charge in [-0.15, -0.1) is 0 Å². The molecule has 1 aliphatic rings. The van der Waals surface area contributed by atoms with Crippen LogP contribution in [0, 0.1) is 5.82 Å². The predicted molar refractivity (Wildman–Crippen MR) is 99.8 cm³/mol. The quantitative estimate of drug-likeness (QED) is 0.718. The first-order valence-corrected chi connectivity index (χ1v) is 8.68. The fraction of sp³-hybridized carbons (Fsp3) is 0.286. The maximum Gasteiger partial charge on any atom is 0.255 e. The third-order valence-corrected chi connectivity index (χ3v) is 5.42. The fourth-order valence-electron chi connectivity index (χ4n) is 3.58. The van der Waals surface area contributed by atoms with E-state index in [-0.39, 0.29) is 17.0 Å². The second-order valence-electron chi connectivity index (χ2n) is 6.96. The van der Waals surface area contributed by atoms with E-state index in [2.05, 4.69) is 0 Å². The zero-order valence-corrected chi connectivity index (χ0v) is 15.6. The van der Waals surface area contributed by atoms with E-state index in [1.54, 1.807) is 12.1 Å². The lowest BCUT2D eigenvalue weighted by Gasteiger charge is -2.40.